The zero-order valence-corrected chi connectivity index (χ0v) is 16.7. The number of rotatable bonds is 4. The van der Waals surface area contributed by atoms with Crippen molar-refractivity contribution in [1.82, 2.24) is 4.98 Å². The molecular weight excluding hydrogens is 366 g/mol. The molecule has 0 aliphatic carbocycles. The zero-order chi connectivity index (χ0) is 20.3. The summed E-state index contributed by atoms with van der Waals surface area (Å²) in [4.78, 5) is 4.62. The van der Waals surface area contributed by atoms with E-state index >= 15 is 0 Å². The first-order chi connectivity index (χ1) is 14.8. The molecule has 0 bridgehead atoms. The van der Waals surface area contributed by atoms with Gasteiger partial charge in [0.1, 0.15) is 5.52 Å². The van der Waals surface area contributed by atoms with Crippen molar-refractivity contribution in [3.8, 4) is 22.6 Å². The van der Waals surface area contributed by atoms with E-state index in [2.05, 4.69) is 89.9 Å². The number of aryl methyl sites for hydroxylation is 1. The van der Waals surface area contributed by atoms with Gasteiger partial charge in [0, 0.05) is 5.56 Å². The van der Waals surface area contributed by atoms with Gasteiger partial charge in [-0.05, 0) is 52.9 Å². The summed E-state index contributed by atoms with van der Waals surface area (Å²) in [5.74, 6) is 0.659. The molecule has 2 heteroatoms. The van der Waals surface area contributed by atoms with Crippen LogP contribution in [-0.2, 0) is 0 Å². The van der Waals surface area contributed by atoms with Crippen LogP contribution >= 0.6 is 0 Å². The Labute approximate surface area is 176 Å². The van der Waals surface area contributed by atoms with Crippen molar-refractivity contribution in [2.45, 2.75) is 6.92 Å². The van der Waals surface area contributed by atoms with Crippen LogP contribution in [0.25, 0.3) is 45.8 Å². The minimum absolute atomic E-state index is 0.659. The van der Waals surface area contributed by atoms with E-state index < -0.39 is 0 Å². The van der Waals surface area contributed by atoms with E-state index in [0.717, 1.165) is 27.8 Å². The van der Waals surface area contributed by atoms with Crippen LogP contribution < -0.4 is 0 Å². The van der Waals surface area contributed by atoms with Gasteiger partial charge in [-0.15, -0.1) is 0 Å². The fourth-order valence-corrected chi connectivity index (χ4v) is 3.56. The van der Waals surface area contributed by atoms with Crippen molar-refractivity contribution in [1.29, 1.82) is 0 Å². The summed E-state index contributed by atoms with van der Waals surface area (Å²) in [7, 11) is 0. The predicted molar refractivity (Wildman–Crippen MR) is 125 cm³/mol. The molecular formula is C28H21NO. The average molecular weight is 387 g/mol. The van der Waals surface area contributed by atoms with Crippen molar-refractivity contribution >= 4 is 23.3 Å². The summed E-state index contributed by atoms with van der Waals surface area (Å²) in [6, 6.07) is 33.4. The molecule has 0 saturated carbocycles. The molecule has 4 aromatic carbocycles. The topological polar surface area (TPSA) is 26.0 Å². The molecule has 0 atom stereocenters. The van der Waals surface area contributed by atoms with Gasteiger partial charge in [0.25, 0.3) is 0 Å². The van der Waals surface area contributed by atoms with Crippen LogP contribution in [0.2, 0.25) is 0 Å². The smallest absolute Gasteiger partial charge is 0.227 e. The number of nitrogens with zero attached hydrogens (tertiary/aromatic N) is 1. The van der Waals surface area contributed by atoms with Gasteiger partial charge in [-0.2, -0.15) is 0 Å². The molecule has 1 aromatic heterocycles. The maximum atomic E-state index is 5.97. The number of aromatic nitrogens is 1. The molecule has 0 fully saturated rings. The highest BCUT2D eigenvalue weighted by molar-refractivity contribution is 5.79. The molecule has 0 N–H and O–H groups in total. The third-order valence-corrected chi connectivity index (χ3v) is 5.26. The van der Waals surface area contributed by atoms with Gasteiger partial charge in [-0.25, -0.2) is 4.98 Å². The summed E-state index contributed by atoms with van der Waals surface area (Å²) >= 11 is 0. The molecule has 2 nitrogen and oxygen atoms in total. The van der Waals surface area contributed by atoms with Crippen molar-refractivity contribution in [2.24, 2.45) is 0 Å². The number of benzene rings is 4. The number of para-hydroxylation sites is 1. The second-order valence-electron chi connectivity index (χ2n) is 7.39. The lowest BCUT2D eigenvalue weighted by Gasteiger charge is -2.02. The number of oxazole rings is 1. The summed E-state index contributed by atoms with van der Waals surface area (Å²) < 4.78 is 5.97. The Morgan fingerprint density at radius 1 is 0.600 bits per heavy atom. The van der Waals surface area contributed by atoms with Crippen molar-refractivity contribution < 1.29 is 4.42 Å². The first kappa shape index (κ1) is 18.1. The lowest BCUT2D eigenvalue weighted by atomic mass is 10.0. The molecule has 144 valence electrons. The van der Waals surface area contributed by atoms with E-state index in [4.69, 9.17) is 4.42 Å². The van der Waals surface area contributed by atoms with Crippen LogP contribution in [0.3, 0.4) is 0 Å². The minimum atomic E-state index is 0.659. The minimum Gasteiger partial charge on any atom is -0.436 e. The lowest BCUT2D eigenvalue weighted by Crippen LogP contribution is -1.79. The number of hydrogen-bond donors (Lipinski definition) is 0. The SMILES string of the molecule is Cc1cccc2nc(-c3ccc(C=Cc4ccc(-c5ccccc5)cc4)cc3)oc12. The van der Waals surface area contributed by atoms with Gasteiger partial charge in [0.05, 0.1) is 0 Å². The van der Waals surface area contributed by atoms with Crippen LogP contribution in [0.15, 0.2) is 101 Å². The van der Waals surface area contributed by atoms with Crippen molar-refractivity contribution in [2.75, 3.05) is 0 Å². The molecule has 0 unspecified atom stereocenters. The normalized spacial score (nSPS) is 11.4. The van der Waals surface area contributed by atoms with Gasteiger partial charge in [-0.1, -0.05) is 91.0 Å². The standard InChI is InChI=1S/C28H21NO/c1-20-6-5-9-26-27(20)30-28(29-26)25-18-14-22(15-19-25)11-10-21-12-16-24(17-13-21)23-7-3-2-4-8-23/h2-19H,1H3. The summed E-state index contributed by atoms with van der Waals surface area (Å²) in [5, 5.41) is 0. The Morgan fingerprint density at radius 2 is 1.20 bits per heavy atom. The van der Waals surface area contributed by atoms with Crippen LogP contribution in [0.4, 0.5) is 0 Å². The molecule has 0 saturated heterocycles. The van der Waals surface area contributed by atoms with Gasteiger partial charge < -0.3 is 4.42 Å². The van der Waals surface area contributed by atoms with E-state index in [-0.39, 0.29) is 0 Å². The average Bonchev–Trinajstić information content (AvgIpc) is 3.25. The lowest BCUT2D eigenvalue weighted by molar-refractivity contribution is 0.617. The molecule has 1 heterocycles. The molecule has 0 amide bonds. The zero-order valence-electron chi connectivity index (χ0n) is 16.7. The van der Waals surface area contributed by atoms with Gasteiger partial charge >= 0.3 is 0 Å². The van der Waals surface area contributed by atoms with E-state index in [1.165, 1.54) is 16.7 Å². The molecule has 0 radical (unpaired) electrons. The third kappa shape index (κ3) is 3.68. The van der Waals surface area contributed by atoms with E-state index in [1.54, 1.807) is 0 Å². The number of hydrogen-bond acceptors (Lipinski definition) is 2. The third-order valence-electron chi connectivity index (χ3n) is 5.26. The monoisotopic (exact) mass is 387 g/mol. The fraction of sp³-hybridized carbons (Fsp3) is 0.0357. The second-order valence-corrected chi connectivity index (χ2v) is 7.39. The van der Waals surface area contributed by atoms with Crippen molar-refractivity contribution in [3.05, 3.63) is 114 Å². The molecule has 5 aromatic rings. The molecule has 30 heavy (non-hydrogen) atoms. The first-order valence-corrected chi connectivity index (χ1v) is 10.1. The number of fused-ring (bicyclic) bond motifs is 1. The maximum Gasteiger partial charge on any atom is 0.227 e. The Morgan fingerprint density at radius 3 is 1.83 bits per heavy atom. The first-order valence-electron chi connectivity index (χ1n) is 10.1. The van der Waals surface area contributed by atoms with Gasteiger partial charge in [-0.3, -0.25) is 0 Å². The predicted octanol–water partition coefficient (Wildman–Crippen LogP) is 7.64. The summed E-state index contributed by atoms with van der Waals surface area (Å²) in [5.41, 5.74) is 8.61. The van der Waals surface area contributed by atoms with Crippen LogP contribution in [0.1, 0.15) is 16.7 Å². The Kier molecular flexibility index (Phi) is 4.74. The highest BCUT2D eigenvalue weighted by atomic mass is 16.3. The Balaban J connectivity index is 1.33. The quantitative estimate of drug-likeness (QED) is 0.296. The maximum absolute atomic E-state index is 5.97. The fourth-order valence-electron chi connectivity index (χ4n) is 3.56. The van der Waals surface area contributed by atoms with Crippen LogP contribution in [0.5, 0.6) is 0 Å². The van der Waals surface area contributed by atoms with Crippen LogP contribution in [-0.4, -0.2) is 4.98 Å². The highest BCUT2D eigenvalue weighted by Gasteiger charge is 2.09. The van der Waals surface area contributed by atoms with Crippen LogP contribution in [0, 0.1) is 6.92 Å². The summed E-state index contributed by atoms with van der Waals surface area (Å²) in [6.07, 6.45) is 4.25. The van der Waals surface area contributed by atoms with Crippen molar-refractivity contribution in [3.63, 3.8) is 0 Å². The van der Waals surface area contributed by atoms with Gasteiger partial charge in [0.2, 0.25) is 5.89 Å². The largest absolute Gasteiger partial charge is 0.436 e. The van der Waals surface area contributed by atoms with E-state index in [1.807, 2.05) is 31.2 Å². The second kappa shape index (κ2) is 7.84. The molecule has 0 aliphatic rings. The summed E-state index contributed by atoms with van der Waals surface area (Å²) in [6.45, 7) is 2.04. The molecule has 0 spiro atoms. The molecule has 5 rings (SSSR count). The van der Waals surface area contributed by atoms with Gasteiger partial charge in [0.15, 0.2) is 5.58 Å². The Hall–Kier alpha value is -3.91. The highest BCUT2D eigenvalue weighted by Crippen LogP contribution is 2.27. The van der Waals surface area contributed by atoms with E-state index in [0.29, 0.717) is 5.89 Å². The van der Waals surface area contributed by atoms with E-state index in [9.17, 15) is 0 Å². The Bertz CT molecular complexity index is 1310. The molecule has 0 aliphatic heterocycles.